The summed E-state index contributed by atoms with van der Waals surface area (Å²) in [6.45, 7) is 7.17. The lowest BCUT2D eigenvalue weighted by atomic mass is 9.92. The molecular formula is C16H25N5. The normalized spacial score (nSPS) is 18.3. The van der Waals surface area contributed by atoms with E-state index < -0.39 is 0 Å². The van der Waals surface area contributed by atoms with E-state index in [2.05, 4.69) is 42.2 Å². The topological polar surface area (TPSA) is 68.2 Å². The molecule has 1 fully saturated rings. The van der Waals surface area contributed by atoms with Gasteiger partial charge in [-0.25, -0.2) is 9.50 Å². The van der Waals surface area contributed by atoms with E-state index in [4.69, 9.17) is 5.73 Å². The van der Waals surface area contributed by atoms with Crippen LogP contribution < -0.4 is 11.1 Å². The van der Waals surface area contributed by atoms with Crippen LogP contribution in [0.15, 0.2) is 18.5 Å². The summed E-state index contributed by atoms with van der Waals surface area (Å²) in [5, 5.41) is 8.29. The van der Waals surface area contributed by atoms with Crippen molar-refractivity contribution in [2.45, 2.75) is 57.4 Å². The first-order valence-electron chi connectivity index (χ1n) is 7.77. The fourth-order valence-corrected chi connectivity index (χ4v) is 3.07. The quantitative estimate of drug-likeness (QED) is 0.910. The van der Waals surface area contributed by atoms with Gasteiger partial charge in [-0.15, -0.1) is 0 Å². The second-order valence-electron chi connectivity index (χ2n) is 7.20. The molecule has 0 atom stereocenters. The molecule has 3 rings (SSSR count). The molecule has 21 heavy (non-hydrogen) atoms. The van der Waals surface area contributed by atoms with E-state index in [1.165, 1.54) is 12.8 Å². The summed E-state index contributed by atoms with van der Waals surface area (Å²) in [5.74, 6) is 0.896. The summed E-state index contributed by atoms with van der Waals surface area (Å²) in [5.41, 5.74) is 8.16. The largest absolute Gasteiger partial charge is 0.362 e. The Kier molecular flexibility index (Phi) is 3.40. The second kappa shape index (κ2) is 4.98. The summed E-state index contributed by atoms with van der Waals surface area (Å²) in [4.78, 5) is 4.53. The van der Waals surface area contributed by atoms with Crippen molar-refractivity contribution in [2.24, 2.45) is 5.73 Å². The van der Waals surface area contributed by atoms with Gasteiger partial charge in [0.15, 0.2) is 5.82 Å². The summed E-state index contributed by atoms with van der Waals surface area (Å²) >= 11 is 0. The number of hydrogen-bond donors (Lipinski definition) is 2. The van der Waals surface area contributed by atoms with Crippen LogP contribution in [-0.4, -0.2) is 26.7 Å². The second-order valence-corrected chi connectivity index (χ2v) is 7.20. The van der Waals surface area contributed by atoms with E-state index in [-0.39, 0.29) is 11.0 Å². The average Bonchev–Trinajstić information content (AvgIpc) is 3.05. The molecule has 2 aromatic rings. The van der Waals surface area contributed by atoms with Crippen molar-refractivity contribution < 1.29 is 0 Å². The first kappa shape index (κ1) is 14.3. The summed E-state index contributed by atoms with van der Waals surface area (Å²) in [7, 11) is 0. The van der Waals surface area contributed by atoms with Crippen molar-refractivity contribution in [1.29, 1.82) is 0 Å². The van der Waals surface area contributed by atoms with Gasteiger partial charge in [0, 0.05) is 24.4 Å². The minimum atomic E-state index is 0.00100. The maximum atomic E-state index is 6.02. The van der Waals surface area contributed by atoms with Crippen molar-refractivity contribution in [1.82, 2.24) is 14.6 Å². The van der Waals surface area contributed by atoms with E-state index in [0.717, 1.165) is 29.9 Å². The van der Waals surface area contributed by atoms with Gasteiger partial charge in [0.25, 0.3) is 0 Å². The van der Waals surface area contributed by atoms with Crippen molar-refractivity contribution in [2.75, 3.05) is 11.9 Å². The minimum Gasteiger partial charge on any atom is -0.362 e. The van der Waals surface area contributed by atoms with Crippen LogP contribution in [0.1, 0.15) is 52.1 Å². The van der Waals surface area contributed by atoms with Crippen molar-refractivity contribution >= 4 is 11.3 Å². The lowest BCUT2D eigenvalue weighted by Crippen LogP contribution is -2.43. The van der Waals surface area contributed by atoms with Crippen molar-refractivity contribution in [3.63, 3.8) is 0 Å². The SMILES string of the molecule is CC(C)(C)c1cc2c(NC3(CN)CCCC3)nccn2n1. The van der Waals surface area contributed by atoms with Crippen molar-refractivity contribution in [3.05, 3.63) is 24.2 Å². The number of fused-ring (bicyclic) bond motifs is 1. The summed E-state index contributed by atoms with van der Waals surface area (Å²) in [6, 6.07) is 2.13. The molecule has 0 unspecified atom stereocenters. The number of nitrogens with two attached hydrogens (primary N) is 1. The molecule has 2 heterocycles. The van der Waals surface area contributed by atoms with Gasteiger partial charge < -0.3 is 11.1 Å². The molecule has 5 nitrogen and oxygen atoms in total. The van der Waals surface area contributed by atoms with Crippen LogP contribution >= 0.6 is 0 Å². The Balaban J connectivity index is 2.00. The Labute approximate surface area is 125 Å². The van der Waals surface area contributed by atoms with Gasteiger partial charge in [-0.05, 0) is 18.9 Å². The van der Waals surface area contributed by atoms with Crippen LogP contribution in [0.4, 0.5) is 5.82 Å². The van der Waals surface area contributed by atoms with Gasteiger partial charge in [-0.3, -0.25) is 0 Å². The lowest BCUT2D eigenvalue weighted by Gasteiger charge is -2.29. The van der Waals surface area contributed by atoms with Crippen molar-refractivity contribution in [3.8, 4) is 0 Å². The number of aromatic nitrogens is 3. The fourth-order valence-electron chi connectivity index (χ4n) is 3.07. The summed E-state index contributed by atoms with van der Waals surface area (Å²) < 4.78 is 1.91. The molecular weight excluding hydrogens is 262 g/mol. The Morgan fingerprint density at radius 1 is 1.33 bits per heavy atom. The molecule has 114 valence electrons. The number of anilines is 1. The Morgan fingerprint density at radius 3 is 2.67 bits per heavy atom. The first-order chi connectivity index (χ1) is 9.93. The molecule has 1 aliphatic rings. The highest BCUT2D eigenvalue weighted by Gasteiger charge is 2.33. The molecule has 3 N–H and O–H groups in total. The van der Waals surface area contributed by atoms with Gasteiger partial charge in [-0.2, -0.15) is 5.10 Å². The van der Waals surface area contributed by atoms with Gasteiger partial charge in [0.1, 0.15) is 5.52 Å². The summed E-state index contributed by atoms with van der Waals surface area (Å²) in [6.07, 6.45) is 8.41. The molecule has 0 amide bonds. The van der Waals surface area contributed by atoms with Crippen LogP contribution in [0.3, 0.4) is 0 Å². The van der Waals surface area contributed by atoms with Gasteiger partial charge in [0.2, 0.25) is 0 Å². The predicted octanol–water partition coefficient (Wildman–Crippen LogP) is 2.71. The molecule has 0 bridgehead atoms. The number of nitrogens with zero attached hydrogens (tertiary/aromatic N) is 3. The first-order valence-corrected chi connectivity index (χ1v) is 7.77. The zero-order valence-electron chi connectivity index (χ0n) is 13.2. The van der Waals surface area contributed by atoms with E-state index in [1.807, 2.05) is 10.7 Å². The van der Waals surface area contributed by atoms with Gasteiger partial charge in [0.05, 0.1) is 11.2 Å². The van der Waals surface area contributed by atoms with Gasteiger partial charge >= 0.3 is 0 Å². The fraction of sp³-hybridized carbons (Fsp3) is 0.625. The third kappa shape index (κ3) is 2.62. The molecule has 0 radical (unpaired) electrons. The Morgan fingerprint density at radius 2 is 2.05 bits per heavy atom. The zero-order chi connectivity index (χ0) is 15.1. The Hall–Kier alpha value is -1.62. The zero-order valence-corrected chi connectivity index (χ0v) is 13.2. The van der Waals surface area contributed by atoms with E-state index in [0.29, 0.717) is 6.54 Å². The van der Waals surface area contributed by atoms with Crippen LogP contribution in [0.25, 0.3) is 5.52 Å². The maximum Gasteiger partial charge on any atom is 0.152 e. The highest BCUT2D eigenvalue weighted by Crippen LogP contribution is 2.33. The molecule has 0 spiro atoms. The third-order valence-electron chi connectivity index (χ3n) is 4.49. The molecule has 1 aliphatic carbocycles. The van der Waals surface area contributed by atoms with Crippen LogP contribution in [-0.2, 0) is 5.41 Å². The van der Waals surface area contributed by atoms with Crippen LogP contribution in [0.5, 0.6) is 0 Å². The highest BCUT2D eigenvalue weighted by atomic mass is 15.2. The molecule has 0 aliphatic heterocycles. The average molecular weight is 287 g/mol. The minimum absolute atomic E-state index is 0.00100. The monoisotopic (exact) mass is 287 g/mol. The standard InChI is InChI=1S/C16H25N5/c1-15(2,3)13-10-12-14(18-8-9-21(12)20-13)19-16(11-17)6-4-5-7-16/h8-10H,4-7,11,17H2,1-3H3,(H,18,19). The lowest BCUT2D eigenvalue weighted by molar-refractivity contribution is 0.491. The van der Waals surface area contributed by atoms with Gasteiger partial charge in [-0.1, -0.05) is 33.6 Å². The number of rotatable bonds is 3. The molecule has 5 heteroatoms. The smallest absolute Gasteiger partial charge is 0.152 e. The van der Waals surface area contributed by atoms with E-state index in [9.17, 15) is 0 Å². The molecule has 0 aromatic carbocycles. The molecule has 0 saturated heterocycles. The van der Waals surface area contributed by atoms with Crippen LogP contribution in [0, 0.1) is 0 Å². The Bertz CT molecular complexity index is 632. The highest BCUT2D eigenvalue weighted by molar-refractivity contribution is 5.69. The predicted molar refractivity (Wildman–Crippen MR) is 85.6 cm³/mol. The third-order valence-corrected chi connectivity index (χ3v) is 4.49. The van der Waals surface area contributed by atoms with E-state index >= 15 is 0 Å². The number of hydrogen-bond acceptors (Lipinski definition) is 4. The molecule has 2 aromatic heterocycles. The maximum absolute atomic E-state index is 6.02. The van der Waals surface area contributed by atoms with E-state index in [1.54, 1.807) is 6.20 Å². The molecule has 1 saturated carbocycles. The van der Waals surface area contributed by atoms with Crippen LogP contribution in [0.2, 0.25) is 0 Å². The number of nitrogens with one attached hydrogen (secondary N) is 1.